The van der Waals surface area contributed by atoms with Crippen LogP contribution in [0, 0.1) is 0 Å². The molecule has 0 saturated carbocycles. The maximum atomic E-state index is 5.82. The minimum Gasteiger partial charge on any atom is -0.369 e. The standard InChI is InChI=1S/C17H18Cl2N4/c18-7-11-23(12-8-19)17-3-1-15(2-4-17)13-21-22-14-16-5-9-20-10-6-16/h1-6,9-10,13-14H,7-8,11-12H2. The number of halogens is 2. The highest BCUT2D eigenvalue weighted by Gasteiger charge is 2.04. The molecule has 2 aromatic rings. The van der Waals surface area contributed by atoms with Crippen LogP contribution in [0.2, 0.25) is 0 Å². The molecule has 4 nitrogen and oxygen atoms in total. The van der Waals surface area contributed by atoms with Gasteiger partial charge in [0.15, 0.2) is 0 Å². The highest BCUT2D eigenvalue weighted by Crippen LogP contribution is 2.15. The van der Waals surface area contributed by atoms with Crippen LogP contribution in [0.4, 0.5) is 5.69 Å². The monoisotopic (exact) mass is 348 g/mol. The number of hydrogen-bond acceptors (Lipinski definition) is 4. The summed E-state index contributed by atoms with van der Waals surface area (Å²) < 4.78 is 0. The first-order valence-corrected chi connectivity index (χ1v) is 8.34. The van der Waals surface area contributed by atoms with E-state index in [2.05, 4.69) is 20.1 Å². The molecule has 1 aromatic carbocycles. The summed E-state index contributed by atoms with van der Waals surface area (Å²) >= 11 is 11.6. The molecule has 0 radical (unpaired) electrons. The molecule has 0 aliphatic carbocycles. The lowest BCUT2D eigenvalue weighted by atomic mass is 10.2. The molecule has 0 unspecified atom stereocenters. The van der Waals surface area contributed by atoms with Crippen LogP contribution in [0.15, 0.2) is 59.0 Å². The minimum absolute atomic E-state index is 0.573. The van der Waals surface area contributed by atoms with Crippen molar-refractivity contribution in [3.8, 4) is 0 Å². The summed E-state index contributed by atoms with van der Waals surface area (Å²) in [5, 5.41) is 8.08. The van der Waals surface area contributed by atoms with Gasteiger partial charge in [0, 0.05) is 42.9 Å². The van der Waals surface area contributed by atoms with Crippen LogP contribution in [0.5, 0.6) is 0 Å². The van der Waals surface area contributed by atoms with E-state index in [4.69, 9.17) is 23.2 Å². The fraction of sp³-hybridized carbons (Fsp3) is 0.235. The summed E-state index contributed by atoms with van der Waals surface area (Å²) in [6.07, 6.45) is 6.85. The molecule has 2 rings (SSSR count). The Hall–Kier alpha value is -1.91. The summed E-state index contributed by atoms with van der Waals surface area (Å²) in [4.78, 5) is 6.10. The molecule has 0 aliphatic heterocycles. The van der Waals surface area contributed by atoms with Gasteiger partial charge in [0.1, 0.15) is 0 Å². The zero-order chi connectivity index (χ0) is 16.3. The van der Waals surface area contributed by atoms with Crippen molar-refractivity contribution in [1.82, 2.24) is 4.98 Å². The first kappa shape index (κ1) is 17.4. The fourth-order valence-corrected chi connectivity index (χ4v) is 2.40. The van der Waals surface area contributed by atoms with Crippen molar-refractivity contribution < 1.29 is 0 Å². The zero-order valence-corrected chi connectivity index (χ0v) is 14.2. The topological polar surface area (TPSA) is 40.9 Å². The van der Waals surface area contributed by atoms with Crippen LogP contribution in [0.1, 0.15) is 11.1 Å². The first-order valence-electron chi connectivity index (χ1n) is 7.27. The Morgan fingerprint density at radius 2 is 1.35 bits per heavy atom. The normalized spacial score (nSPS) is 11.4. The molecule has 0 fully saturated rings. The van der Waals surface area contributed by atoms with Crippen molar-refractivity contribution in [3.63, 3.8) is 0 Å². The van der Waals surface area contributed by atoms with Gasteiger partial charge in [-0.2, -0.15) is 10.2 Å². The summed E-state index contributed by atoms with van der Waals surface area (Å²) in [7, 11) is 0. The van der Waals surface area contributed by atoms with E-state index in [-0.39, 0.29) is 0 Å². The number of aromatic nitrogens is 1. The van der Waals surface area contributed by atoms with Gasteiger partial charge >= 0.3 is 0 Å². The molecule has 0 saturated heterocycles. The van der Waals surface area contributed by atoms with E-state index in [0.29, 0.717) is 11.8 Å². The highest BCUT2D eigenvalue weighted by atomic mass is 35.5. The Morgan fingerprint density at radius 1 is 0.826 bits per heavy atom. The lowest BCUT2D eigenvalue weighted by molar-refractivity contribution is 0.874. The molecule has 0 aliphatic rings. The van der Waals surface area contributed by atoms with E-state index in [1.807, 2.05) is 36.4 Å². The smallest absolute Gasteiger partial charge is 0.0569 e. The quantitative estimate of drug-likeness (QED) is 0.413. The molecule has 0 amide bonds. The molecule has 6 heteroatoms. The van der Waals surface area contributed by atoms with Crippen molar-refractivity contribution in [3.05, 3.63) is 59.9 Å². The van der Waals surface area contributed by atoms with Crippen molar-refractivity contribution in [2.24, 2.45) is 10.2 Å². The van der Waals surface area contributed by atoms with Crippen LogP contribution >= 0.6 is 23.2 Å². The van der Waals surface area contributed by atoms with Gasteiger partial charge in [-0.25, -0.2) is 0 Å². The number of nitrogens with zero attached hydrogens (tertiary/aromatic N) is 4. The average molecular weight is 349 g/mol. The lowest BCUT2D eigenvalue weighted by Crippen LogP contribution is -2.27. The highest BCUT2D eigenvalue weighted by molar-refractivity contribution is 6.18. The van der Waals surface area contributed by atoms with Gasteiger partial charge in [-0.3, -0.25) is 4.98 Å². The van der Waals surface area contributed by atoms with Gasteiger partial charge < -0.3 is 4.90 Å². The van der Waals surface area contributed by atoms with Crippen LogP contribution in [-0.2, 0) is 0 Å². The summed E-state index contributed by atoms with van der Waals surface area (Å²) in [6, 6.07) is 11.8. The van der Waals surface area contributed by atoms with Gasteiger partial charge in [-0.1, -0.05) is 12.1 Å². The second-order valence-corrected chi connectivity index (χ2v) is 5.48. The van der Waals surface area contributed by atoms with E-state index in [1.54, 1.807) is 24.8 Å². The molecule has 0 spiro atoms. The van der Waals surface area contributed by atoms with Gasteiger partial charge in [0.2, 0.25) is 0 Å². The number of rotatable bonds is 8. The van der Waals surface area contributed by atoms with Crippen LogP contribution in [0.25, 0.3) is 0 Å². The number of anilines is 1. The van der Waals surface area contributed by atoms with Gasteiger partial charge in [0.05, 0.1) is 12.4 Å². The summed E-state index contributed by atoms with van der Waals surface area (Å²) in [5.74, 6) is 1.15. The van der Waals surface area contributed by atoms with Gasteiger partial charge in [-0.15, -0.1) is 23.2 Å². The number of pyridine rings is 1. The van der Waals surface area contributed by atoms with Crippen molar-refractivity contribution in [2.45, 2.75) is 0 Å². The average Bonchev–Trinajstić information content (AvgIpc) is 2.60. The Labute approximate surface area is 146 Å². The van der Waals surface area contributed by atoms with E-state index in [0.717, 1.165) is 29.9 Å². The van der Waals surface area contributed by atoms with Crippen LogP contribution < -0.4 is 4.90 Å². The summed E-state index contributed by atoms with van der Waals surface area (Å²) in [5.41, 5.74) is 3.05. The Balaban J connectivity index is 1.96. The first-order chi connectivity index (χ1) is 11.3. The molecule has 0 atom stereocenters. The largest absolute Gasteiger partial charge is 0.369 e. The second-order valence-electron chi connectivity index (χ2n) is 4.73. The third-order valence-corrected chi connectivity index (χ3v) is 3.49. The number of alkyl halides is 2. The maximum Gasteiger partial charge on any atom is 0.0569 e. The van der Waals surface area contributed by atoms with Crippen molar-refractivity contribution in [2.75, 3.05) is 29.7 Å². The number of benzene rings is 1. The third-order valence-electron chi connectivity index (χ3n) is 3.15. The van der Waals surface area contributed by atoms with Gasteiger partial charge in [-0.05, 0) is 35.4 Å². The summed E-state index contributed by atoms with van der Waals surface area (Å²) in [6.45, 7) is 1.55. The van der Waals surface area contributed by atoms with Crippen LogP contribution in [0.3, 0.4) is 0 Å². The predicted molar refractivity (Wildman–Crippen MR) is 99.5 cm³/mol. The molecular weight excluding hydrogens is 331 g/mol. The number of hydrogen-bond donors (Lipinski definition) is 0. The molecule has 120 valence electrons. The SMILES string of the molecule is ClCCN(CCCl)c1ccc(C=NN=Cc2ccncc2)cc1. The Kier molecular flexibility index (Phi) is 7.57. The van der Waals surface area contributed by atoms with E-state index in [1.165, 1.54) is 0 Å². The minimum atomic E-state index is 0.573. The molecule has 0 N–H and O–H groups in total. The Bertz CT molecular complexity index is 621. The molecular formula is C17H18Cl2N4. The van der Waals surface area contributed by atoms with E-state index >= 15 is 0 Å². The lowest BCUT2D eigenvalue weighted by Gasteiger charge is -2.22. The molecule has 0 bridgehead atoms. The molecule has 1 aromatic heterocycles. The second kappa shape index (κ2) is 9.98. The molecule has 1 heterocycles. The van der Waals surface area contributed by atoms with E-state index in [9.17, 15) is 0 Å². The van der Waals surface area contributed by atoms with E-state index < -0.39 is 0 Å². The maximum absolute atomic E-state index is 5.82. The predicted octanol–water partition coefficient (Wildman–Crippen LogP) is 3.82. The van der Waals surface area contributed by atoms with Gasteiger partial charge in [0.25, 0.3) is 0 Å². The fourth-order valence-electron chi connectivity index (χ4n) is 1.99. The van der Waals surface area contributed by atoms with Crippen molar-refractivity contribution in [1.29, 1.82) is 0 Å². The van der Waals surface area contributed by atoms with Crippen molar-refractivity contribution >= 4 is 41.3 Å². The van der Waals surface area contributed by atoms with Crippen LogP contribution in [-0.4, -0.2) is 42.3 Å². The third kappa shape index (κ3) is 6.00. The molecule has 23 heavy (non-hydrogen) atoms. The zero-order valence-electron chi connectivity index (χ0n) is 12.6. The Morgan fingerprint density at radius 3 is 1.87 bits per heavy atom.